The zero-order valence-corrected chi connectivity index (χ0v) is 21.1. The van der Waals surface area contributed by atoms with Gasteiger partial charge in [0, 0.05) is 5.97 Å². The number of aryl methyl sites for hydroxylation is 2. The second-order valence-corrected chi connectivity index (χ2v) is 9.76. The van der Waals surface area contributed by atoms with Crippen LogP contribution in [0.1, 0.15) is 101 Å². The zero-order valence-electron chi connectivity index (χ0n) is 21.1. The molecule has 0 N–H and O–H groups in total. The molecule has 0 aliphatic carbocycles. The summed E-state index contributed by atoms with van der Waals surface area (Å²) in [5.41, 5.74) is 8.69. The van der Waals surface area contributed by atoms with Crippen molar-refractivity contribution < 1.29 is 9.90 Å². The van der Waals surface area contributed by atoms with Crippen molar-refractivity contribution >= 4 is 5.97 Å². The molecule has 31 heavy (non-hydrogen) atoms. The van der Waals surface area contributed by atoms with E-state index in [2.05, 4.69) is 65.8 Å². The summed E-state index contributed by atoms with van der Waals surface area (Å²) in [6.45, 7) is 15.2. The third kappa shape index (κ3) is 10.8. The molecule has 0 aromatic heterocycles. The Balaban J connectivity index is 2.25. The Morgan fingerprint density at radius 3 is 2.06 bits per heavy atom. The fourth-order valence-corrected chi connectivity index (χ4v) is 3.99. The van der Waals surface area contributed by atoms with Crippen LogP contribution >= 0.6 is 0 Å². The van der Waals surface area contributed by atoms with Crippen LogP contribution in [0.25, 0.3) is 0 Å². The number of carboxylic acid groups (broad SMARTS) is 1. The molecule has 174 valence electrons. The summed E-state index contributed by atoms with van der Waals surface area (Å²) in [5, 5.41) is 10.8. The predicted molar refractivity (Wildman–Crippen MR) is 132 cm³/mol. The Hall–Kier alpha value is -1.83. The van der Waals surface area contributed by atoms with Crippen molar-refractivity contribution in [3.05, 3.63) is 57.7 Å². The average molecular weight is 426 g/mol. The molecule has 0 fully saturated rings. The van der Waals surface area contributed by atoms with Gasteiger partial charge in [0.2, 0.25) is 0 Å². The Morgan fingerprint density at radius 1 is 0.903 bits per heavy atom. The highest BCUT2D eigenvalue weighted by Crippen LogP contribution is 2.22. The van der Waals surface area contributed by atoms with Crippen molar-refractivity contribution in [1.29, 1.82) is 0 Å². The third-order valence-corrected chi connectivity index (χ3v) is 6.87. The van der Waals surface area contributed by atoms with Crippen LogP contribution in [0.15, 0.2) is 35.4 Å². The summed E-state index contributed by atoms with van der Waals surface area (Å²) in [6.07, 6.45) is 14.4. The fourth-order valence-electron chi connectivity index (χ4n) is 3.99. The number of carbonyl (C=O) groups is 1. The molecule has 2 nitrogen and oxygen atoms in total. The van der Waals surface area contributed by atoms with E-state index in [1.54, 1.807) is 6.92 Å². The lowest BCUT2D eigenvalue weighted by Gasteiger charge is -2.14. The lowest BCUT2D eigenvalue weighted by Crippen LogP contribution is -2.29. The van der Waals surface area contributed by atoms with E-state index >= 15 is 0 Å². The summed E-state index contributed by atoms with van der Waals surface area (Å²) in [6, 6.07) is 4.58. The number of rotatable bonds is 14. The monoisotopic (exact) mass is 425 g/mol. The van der Waals surface area contributed by atoms with E-state index < -0.39 is 5.97 Å². The summed E-state index contributed by atoms with van der Waals surface area (Å²) in [4.78, 5) is 10.8. The van der Waals surface area contributed by atoms with Crippen LogP contribution in [0.5, 0.6) is 0 Å². The predicted octanol–water partition coefficient (Wildman–Crippen LogP) is 7.19. The van der Waals surface area contributed by atoms with Gasteiger partial charge >= 0.3 is 0 Å². The van der Waals surface area contributed by atoms with Gasteiger partial charge in [-0.2, -0.15) is 0 Å². The minimum absolute atomic E-state index is 0.360. The van der Waals surface area contributed by atoms with Gasteiger partial charge in [0.1, 0.15) is 0 Å². The molecule has 1 rings (SSSR count). The standard InChI is InChI=1S/C29H46O2/c1-21(11-8-12-22(2)15-10-16-25(5)29(30)31)13-9-14-23(3)17-19-28-20-18-24(4)26(6)27(28)7/h13,15,18,20,23,25H,8-12,14,16-17,19H2,1-7H3,(H,30,31)/p-1/b21-13+,22-15+. The Labute approximate surface area is 191 Å². The highest BCUT2D eigenvalue weighted by molar-refractivity contribution is 5.66. The highest BCUT2D eigenvalue weighted by atomic mass is 16.4. The second-order valence-electron chi connectivity index (χ2n) is 9.76. The summed E-state index contributed by atoms with van der Waals surface area (Å²) in [5.74, 6) is -0.554. The van der Waals surface area contributed by atoms with Gasteiger partial charge in [-0.25, -0.2) is 0 Å². The topological polar surface area (TPSA) is 40.1 Å². The van der Waals surface area contributed by atoms with E-state index in [4.69, 9.17) is 0 Å². The minimum Gasteiger partial charge on any atom is -0.550 e. The van der Waals surface area contributed by atoms with E-state index in [0.29, 0.717) is 6.42 Å². The number of allylic oxidation sites excluding steroid dienone is 4. The molecule has 2 unspecified atom stereocenters. The molecule has 2 heteroatoms. The van der Waals surface area contributed by atoms with E-state index in [-0.39, 0.29) is 5.92 Å². The molecule has 0 radical (unpaired) electrons. The van der Waals surface area contributed by atoms with Crippen LogP contribution in [0, 0.1) is 32.6 Å². The lowest BCUT2D eigenvalue weighted by atomic mass is 9.91. The number of carboxylic acids is 1. The number of benzene rings is 1. The van der Waals surface area contributed by atoms with Gasteiger partial charge in [0.05, 0.1) is 0 Å². The van der Waals surface area contributed by atoms with Crippen molar-refractivity contribution in [2.75, 3.05) is 0 Å². The van der Waals surface area contributed by atoms with Crippen molar-refractivity contribution in [3.8, 4) is 0 Å². The van der Waals surface area contributed by atoms with Gasteiger partial charge in [0.25, 0.3) is 0 Å². The van der Waals surface area contributed by atoms with Crippen molar-refractivity contribution in [2.24, 2.45) is 11.8 Å². The summed E-state index contributed by atoms with van der Waals surface area (Å²) in [7, 11) is 0. The minimum atomic E-state index is -0.943. The largest absolute Gasteiger partial charge is 0.550 e. The molecule has 0 bridgehead atoms. The summed E-state index contributed by atoms with van der Waals surface area (Å²) < 4.78 is 0. The van der Waals surface area contributed by atoms with Crippen molar-refractivity contribution in [2.45, 2.75) is 106 Å². The maximum absolute atomic E-state index is 10.8. The third-order valence-electron chi connectivity index (χ3n) is 6.87. The molecule has 0 spiro atoms. The first-order valence-corrected chi connectivity index (χ1v) is 12.2. The number of carbonyl (C=O) groups excluding carboxylic acids is 1. The van der Waals surface area contributed by atoms with Crippen LogP contribution in [0.4, 0.5) is 0 Å². The molecule has 0 aliphatic rings. The molecule has 2 atom stereocenters. The molecule has 0 heterocycles. The molecule has 0 amide bonds. The van der Waals surface area contributed by atoms with Crippen LogP contribution < -0.4 is 5.11 Å². The van der Waals surface area contributed by atoms with E-state index in [0.717, 1.165) is 25.2 Å². The van der Waals surface area contributed by atoms with Gasteiger partial charge in [-0.3, -0.25) is 0 Å². The van der Waals surface area contributed by atoms with Crippen LogP contribution in [-0.2, 0) is 11.2 Å². The van der Waals surface area contributed by atoms with E-state index in [1.165, 1.54) is 65.5 Å². The van der Waals surface area contributed by atoms with E-state index in [9.17, 15) is 9.90 Å². The Bertz CT molecular complexity index is 754. The first-order chi connectivity index (χ1) is 14.6. The van der Waals surface area contributed by atoms with Crippen molar-refractivity contribution in [3.63, 3.8) is 0 Å². The van der Waals surface area contributed by atoms with Crippen LogP contribution in [-0.4, -0.2) is 5.97 Å². The Morgan fingerprint density at radius 2 is 1.48 bits per heavy atom. The molecule has 0 aliphatic heterocycles. The van der Waals surface area contributed by atoms with Gasteiger partial charge in [-0.05, 0) is 126 Å². The zero-order chi connectivity index (χ0) is 23.4. The molecular weight excluding hydrogens is 380 g/mol. The first-order valence-electron chi connectivity index (χ1n) is 12.2. The van der Waals surface area contributed by atoms with Crippen LogP contribution in [0.3, 0.4) is 0 Å². The average Bonchev–Trinajstić information content (AvgIpc) is 2.71. The van der Waals surface area contributed by atoms with Gasteiger partial charge in [0.15, 0.2) is 0 Å². The normalized spacial score (nSPS) is 14.5. The van der Waals surface area contributed by atoms with Crippen LogP contribution in [0.2, 0.25) is 0 Å². The highest BCUT2D eigenvalue weighted by Gasteiger charge is 2.07. The van der Waals surface area contributed by atoms with Gasteiger partial charge < -0.3 is 9.90 Å². The Kier molecular flexibility index (Phi) is 12.5. The lowest BCUT2D eigenvalue weighted by molar-refractivity contribution is -0.311. The molecule has 0 saturated carbocycles. The van der Waals surface area contributed by atoms with Crippen molar-refractivity contribution in [1.82, 2.24) is 0 Å². The maximum atomic E-state index is 10.8. The molecule has 1 aromatic carbocycles. The summed E-state index contributed by atoms with van der Waals surface area (Å²) >= 11 is 0. The fraction of sp³-hybridized carbons (Fsp3) is 0.621. The molecule has 1 aromatic rings. The number of hydrogen-bond acceptors (Lipinski definition) is 2. The second kappa shape index (κ2) is 14.3. The number of hydrogen-bond donors (Lipinski definition) is 0. The maximum Gasteiger partial charge on any atom is 0.0442 e. The molecular formula is C29H45O2-. The van der Waals surface area contributed by atoms with Gasteiger partial charge in [-0.1, -0.05) is 49.3 Å². The quantitative estimate of drug-likeness (QED) is 0.296. The van der Waals surface area contributed by atoms with E-state index in [1.807, 2.05) is 0 Å². The first kappa shape index (κ1) is 27.2. The number of aliphatic carboxylic acids is 1. The SMILES string of the molecule is C/C(=C\CCC(C)CCc1ccc(C)c(C)c1C)CCC/C(C)=C/CCC(C)C(=O)[O-]. The van der Waals surface area contributed by atoms with Gasteiger partial charge in [-0.15, -0.1) is 0 Å². The molecule has 0 saturated heterocycles. The smallest absolute Gasteiger partial charge is 0.0442 e.